The fourth-order valence-corrected chi connectivity index (χ4v) is 2.85. The third-order valence-corrected chi connectivity index (χ3v) is 4.52. The molecule has 1 fully saturated rings. The summed E-state index contributed by atoms with van der Waals surface area (Å²) in [5.74, 6) is 1.29. The number of benzene rings is 1. The first kappa shape index (κ1) is 18.6. The van der Waals surface area contributed by atoms with Crippen molar-refractivity contribution in [3.8, 4) is 5.75 Å². The van der Waals surface area contributed by atoms with Gasteiger partial charge in [-0.2, -0.15) is 0 Å². The van der Waals surface area contributed by atoms with Crippen molar-refractivity contribution >= 4 is 17.6 Å². The lowest BCUT2D eigenvalue weighted by Gasteiger charge is -2.33. The maximum absolute atomic E-state index is 12.5. The number of piperazine rings is 1. The van der Waals surface area contributed by atoms with Gasteiger partial charge in [-0.25, -0.2) is 9.97 Å². The molecule has 1 aliphatic rings. The van der Waals surface area contributed by atoms with Gasteiger partial charge in [-0.1, -0.05) is 12.1 Å². The SMILES string of the molecule is COc1ccc(CNc2cnc(C(=O)N3CCN(C(C)=O)CC3)cn2)cc1. The summed E-state index contributed by atoms with van der Waals surface area (Å²) in [6, 6.07) is 7.74. The number of hydrogen-bond acceptors (Lipinski definition) is 6. The van der Waals surface area contributed by atoms with Crippen LogP contribution in [0.3, 0.4) is 0 Å². The number of nitrogens with one attached hydrogen (secondary N) is 1. The van der Waals surface area contributed by atoms with E-state index in [9.17, 15) is 9.59 Å². The van der Waals surface area contributed by atoms with Crippen molar-refractivity contribution in [1.82, 2.24) is 19.8 Å². The molecule has 1 N–H and O–H groups in total. The molecule has 8 nitrogen and oxygen atoms in total. The van der Waals surface area contributed by atoms with E-state index >= 15 is 0 Å². The highest BCUT2D eigenvalue weighted by molar-refractivity contribution is 5.92. The van der Waals surface area contributed by atoms with E-state index in [1.54, 1.807) is 30.0 Å². The van der Waals surface area contributed by atoms with E-state index in [4.69, 9.17) is 4.74 Å². The highest BCUT2D eigenvalue weighted by Gasteiger charge is 2.24. The van der Waals surface area contributed by atoms with Gasteiger partial charge in [-0.05, 0) is 17.7 Å². The lowest BCUT2D eigenvalue weighted by molar-refractivity contribution is -0.130. The zero-order chi connectivity index (χ0) is 19.2. The molecule has 0 aliphatic carbocycles. The molecule has 1 aromatic heterocycles. The normalized spacial score (nSPS) is 14.0. The molecule has 142 valence electrons. The van der Waals surface area contributed by atoms with Crippen LogP contribution in [0.2, 0.25) is 0 Å². The van der Waals surface area contributed by atoms with Crippen molar-refractivity contribution in [3.63, 3.8) is 0 Å². The van der Waals surface area contributed by atoms with E-state index in [-0.39, 0.29) is 11.8 Å². The molecule has 27 heavy (non-hydrogen) atoms. The maximum Gasteiger partial charge on any atom is 0.274 e. The van der Waals surface area contributed by atoms with Crippen molar-refractivity contribution in [1.29, 1.82) is 0 Å². The summed E-state index contributed by atoms with van der Waals surface area (Å²) in [6.45, 7) is 4.26. The van der Waals surface area contributed by atoms with Gasteiger partial charge in [0.25, 0.3) is 5.91 Å². The monoisotopic (exact) mass is 369 g/mol. The second kappa shape index (κ2) is 8.48. The number of anilines is 1. The van der Waals surface area contributed by atoms with Gasteiger partial charge < -0.3 is 19.9 Å². The molecule has 0 spiro atoms. The second-order valence-electron chi connectivity index (χ2n) is 6.29. The van der Waals surface area contributed by atoms with Crippen molar-refractivity contribution < 1.29 is 14.3 Å². The molecule has 2 aromatic rings. The summed E-state index contributed by atoms with van der Waals surface area (Å²) in [4.78, 5) is 35.8. The Hall–Kier alpha value is -3.16. The molecule has 0 bridgehead atoms. The Morgan fingerprint density at radius 3 is 2.26 bits per heavy atom. The van der Waals surface area contributed by atoms with Crippen molar-refractivity contribution in [2.75, 3.05) is 38.6 Å². The number of ether oxygens (including phenoxy) is 1. The number of carbonyl (C=O) groups is 2. The number of nitrogens with zero attached hydrogens (tertiary/aromatic N) is 4. The molecule has 0 unspecified atom stereocenters. The van der Waals surface area contributed by atoms with Crippen LogP contribution in [0, 0.1) is 0 Å². The van der Waals surface area contributed by atoms with Gasteiger partial charge in [0.1, 0.15) is 17.3 Å². The lowest BCUT2D eigenvalue weighted by Crippen LogP contribution is -2.50. The summed E-state index contributed by atoms with van der Waals surface area (Å²) < 4.78 is 5.14. The predicted molar refractivity (Wildman–Crippen MR) is 101 cm³/mol. The average molecular weight is 369 g/mol. The van der Waals surface area contributed by atoms with Crippen LogP contribution >= 0.6 is 0 Å². The molecular weight excluding hydrogens is 346 g/mol. The molecular formula is C19H23N5O3. The van der Waals surface area contributed by atoms with Crippen LogP contribution in [0.5, 0.6) is 5.75 Å². The van der Waals surface area contributed by atoms with E-state index in [0.29, 0.717) is 44.2 Å². The Morgan fingerprint density at radius 2 is 1.70 bits per heavy atom. The van der Waals surface area contributed by atoms with Crippen LogP contribution in [-0.2, 0) is 11.3 Å². The van der Waals surface area contributed by atoms with Gasteiger partial charge in [-0.3, -0.25) is 9.59 Å². The van der Waals surface area contributed by atoms with Crippen molar-refractivity contribution in [2.45, 2.75) is 13.5 Å². The Morgan fingerprint density at radius 1 is 1.04 bits per heavy atom. The Labute approximate surface area is 158 Å². The highest BCUT2D eigenvalue weighted by Crippen LogP contribution is 2.13. The van der Waals surface area contributed by atoms with E-state index in [1.165, 1.54) is 6.20 Å². The van der Waals surface area contributed by atoms with E-state index < -0.39 is 0 Å². The number of rotatable bonds is 5. The molecule has 0 saturated carbocycles. The zero-order valence-electron chi connectivity index (χ0n) is 15.5. The van der Waals surface area contributed by atoms with Gasteiger partial charge in [0.2, 0.25) is 5.91 Å². The van der Waals surface area contributed by atoms with Crippen LogP contribution < -0.4 is 10.1 Å². The predicted octanol–water partition coefficient (Wildman–Crippen LogP) is 1.40. The molecule has 2 amide bonds. The molecule has 1 aliphatic heterocycles. The smallest absolute Gasteiger partial charge is 0.274 e. The molecule has 2 heterocycles. The summed E-state index contributed by atoms with van der Waals surface area (Å²) in [6.07, 6.45) is 3.04. The van der Waals surface area contributed by atoms with Gasteiger partial charge in [-0.15, -0.1) is 0 Å². The third kappa shape index (κ3) is 4.72. The van der Waals surface area contributed by atoms with Crippen LogP contribution in [0.1, 0.15) is 23.0 Å². The maximum atomic E-state index is 12.5. The van der Waals surface area contributed by atoms with Gasteiger partial charge in [0.05, 0.1) is 19.5 Å². The largest absolute Gasteiger partial charge is 0.497 e. The van der Waals surface area contributed by atoms with Crippen molar-refractivity contribution in [2.24, 2.45) is 0 Å². The van der Waals surface area contributed by atoms with Crippen molar-refractivity contribution in [3.05, 3.63) is 47.9 Å². The molecule has 8 heteroatoms. The minimum atomic E-state index is -0.160. The van der Waals surface area contributed by atoms with Crippen LogP contribution in [0.4, 0.5) is 5.82 Å². The molecule has 0 atom stereocenters. The summed E-state index contributed by atoms with van der Waals surface area (Å²) >= 11 is 0. The average Bonchev–Trinajstić information content (AvgIpc) is 2.72. The summed E-state index contributed by atoms with van der Waals surface area (Å²) in [7, 11) is 1.63. The van der Waals surface area contributed by atoms with Gasteiger partial charge in [0, 0.05) is 39.6 Å². The van der Waals surface area contributed by atoms with E-state index in [1.807, 2.05) is 24.3 Å². The van der Waals surface area contributed by atoms with Crippen LogP contribution in [0.25, 0.3) is 0 Å². The second-order valence-corrected chi connectivity index (χ2v) is 6.29. The first-order valence-corrected chi connectivity index (χ1v) is 8.80. The quantitative estimate of drug-likeness (QED) is 0.857. The first-order valence-electron chi connectivity index (χ1n) is 8.80. The highest BCUT2D eigenvalue weighted by atomic mass is 16.5. The minimum absolute atomic E-state index is 0.0363. The minimum Gasteiger partial charge on any atom is -0.497 e. The van der Waals surface area contributed by atoms with Gasteiger partial charge in [0.15, 0.2) is 0 Å². The van der Waals surface area contributed by atoms with Crippen LogP contribution in [0.15, 0.2) is 36.7 Å². The standard InChI is InChI=1S/C19H23N5O3/c1-14(25)23-7-9-24(10-8-23)19(26)17-12-22-18(13-20-17)21-11-15-3-5-16(27-2)6-4-15/h3-6,12-13H,7-11H2,1-2H3,(H,21,22). The van der Waals surface area contributed by atoms with Gasteiger partial charge >= 0.3 is 0 Å². The Balaban J connectivity index is 1.53. The number of amides is 2. The summed E-state index contributed by atoms with van der Waals surface area (Å²) in [5, 5.41) is 3.18. The third-order valence-electron chi connectivity index (χ3n) is 4.52. The molecule has 3 rings (SSSR count). The van der Waals surface area contributed by atoms with Crippen LogP contribution in [-0.4, -0.2) is 64.9 Å². The zero-order valence-corrected chi connectivity index (χ0v) is 15.5. The topological polar surface area (TPSA) is 87.7 Å². The van der Waals surface area contributed by atoms with E-state index in [0.717, 1.165) is 11.3 Å². The fraction of sp³-hybridized carbons (Fsp3) is 0.368. The summed E-state index contributed by atoms with van der Waals surface area (Å²) in [5.41, 5.74) is 1.39. The molecule has 1 saturated heterocycles. The Bertz CT molecular complexity index is 784. The fourth-order valence-electron chi connectivity index (χ4n) is 2.85. The Kier molecular flexibility index (Phi) is 5.85. The lowest BCUT2D eigenvalue weighted by atomic mass is 10.2. The first-order chi connectivity index (χ1) is 13.1. The number of methoxy groups -OCH3 is 1. The van der Waals surface area contributed by atoms with E-state index in [2.05, 4.69) is 15.3 Å². The molecule has 1 aromatic carbocycles. The number of hydrogen-bond donors (Lipinski definition) is 1. The number of aromatic nitrogens is 2. The molecule has 0 radical (unpaired) electrons. The number of carbonyl (C=O) groups excluding carboxylic acids is 2.